The summed E-state index contributed by atoms with van der Waals surface area (Å²) < 4.78 is 0. The van der Waals surface area contributed by atoms with E-state index in [0.717, 1.165) is 0 Å². The first-order valence-corrected chi connectivity index (χ1v) is 2.22. The standard InChI is InChI=1S/C4H7NOS/c1-3(6)2-4(5)7/h2,6H,1H3,(H2,5,7)/b3-2-. The molecular formula is C4H7NOS. The van der Waals surface area contributed by atoms with Crippen molar-refractivity contribution >= 4 is 17.7 Å². The second kappa shape index (κ2) is 2.69. The fourth-order valence-corrected chi connectivity index (χ4v) is 0.385. The van der Waals surface area contributed by atoms with Gasteiger partial charge in [-0.3, -0.25) is 5.41 Å². The first-order valence-electron chi connectivity index (χ1n) is 1.77. The fraction of sp³-hybridized carbons (Fsp3) is 0.250. The predicted octanol–water partition coefficient (Wildman–Crippen LogP) is 1.36. The number of aliphatic hydroxyl groups is 1. The van der Waals surface area contributed by atoms with Crippen molar-refractivity contribution in [3.63, 3.8) is 0 Å². The van der Waals surface area contributed by atoms with Gasteiger partial charge in [0.15, 0.2) is 0 Å². The van der Waals surface area contributed by atoms with Crippen LogP contribution in [0.1, 0.15) is 6.92 Å². The van der Waals surface area contributed by atoms with Crippen LogP contribution in [0.15, 0.2) is 11.8 Å². The summed E-state index contributed by atoms with van der Waals surface area (Å²) in [6.45, 7) is 1.49. The summed E-state index contributed by atoms with van der Waals surface area (Å²) in [4.78, 5) is 0. The van der Waals surface area contributed by atoms with Crippen LogP contribution in [0.3, 0.4) is 0 Å². The maximum Gasteiger partial charge on any atom is 0.0918 e. The fourth-order valence-electron chi connectivity index (χ4n) is 0.198. The van der Waals surface area contributed by atoms with E-state index in [1.54, 1.807) is 0 Å². The minimum atomic E-state index is 0.0694. The molecular weight excluding hydrogens is 110 g/mol. The molecule has 3 heteroatoms. The highest BCUT2D eigenvalue weighted by atomic mass is 32.1. The Labute approximate surface area is 47.8 Å². The van der Waals surface area contributed by atoms with E-state index in [0.29, 0.717) is 0 Å². The molecule has 0 unspecified atom stereocenters. The largest absolute Gasteiger partial charge is 0.513 e. The Morgan fingerprint density at radius 2 is 2.29 bits per heavy atom. The summed E-state index contributed by atoms with van der Waals surface area (Å²) >= 11 is 3.58. The highest BCUT2D eigenvalue weighted by Crippen LogP contribution is 1.87. The molecule has 40 valence electrons. The predicted molar refractivity (Wildman–Crippen MR) is 33.1 cm³/mol. The number of rotatable bonds is 1. The summed E-state index contributed by atoms with van der Waals surface area (Å²) in [5, 5.41) is 15.1. The van der Waals surface area contributed by atoms with Gasteiger partial charge in [-0.05, 0) is 6.92 Å². The average Bonchev–Trinajstić information content (AvgIpc) is 1.27. The van der Waals surface area contributed by atoms with Crippen LogP contribution in [0.2, 0.25) is 0 Å². The highest BCUT2D eigenvalue weighted by molar-refractivity contribution is 7.97. The van der Waals surface area contributed by atoms with Gasteiger partial charge < -0.3 is 5.11 Å². The molecule has 0 bridgehead atoms. The van der Waals surface area contributed by atoms with Crippen LogP contribution in [0, 0.1) is 5.41 Å². The van der Waals surface area contributed by atoms with E-state index in [-0.39, 0.29) is 10.8 Å². The lowest BCUT2D eigenvalue weighted by atomic mass is 10.5. The van der Waals surface area contributed by atoms with Crippen LogP contribution < -0.4 is 0 Å². The molecule has 0 aliphatic carbocycles. The number of aliphatic hydroxyl groups excluding tert-OH is 1. The molecule has 0 aromatic rings. The second-order valence-corrected chi connectivity index (χ2v) is 1.65. The molecule has 0 atom stereocenters. The molecule has 0 aromatic carbocycles. The number of hydrogen-bond acceptors (Lipinski definition) is 2. The molecule has 0 spiro atoms. The maximum absolute atomic E-state index is 8.39. The monoisotopic (exact) mass is 117 g/mol. The Kier molecular flexibility index (Phi) is 2.52. The number of hydrogen-bond donors (Lipinski definition) is 3. The van der Waals surface area contributed by atoms with Gasteiger partial charge in [-0.15, -0.1) is 12.6 Å². The quantitative estimate of drug-likeness (QED) is 0.206. The van der Waals surface area contributed by atoms with Crippen molar-refractivity contribution in [2.75, 3.05) is 0 Å². The molecule has 0 aliphatic heterocycles. The van der Waals surface area contributed by atoms with E-state index >= 15 is 0 Å². The van der Waals surface area contributed by atoms with Crippen molar-refractivity contribution in [1.82, 2.24) is 0 Å². The molecule has 0 saturated heterocycles. The molecule has 0 rings (SSSR count). The zero-order chi connectivity index (χ0) is 5.86. The summed E-state index contributed by atoms with van der Waals surface area (Å²) in [7, 11) is 0. The van der Waals surface area contributed by atoms with E-state index in [1.807, 2.05) is 0 Å². The van der Waals surface area contributed by atoms with Gasteiger partial charge >= 0.3 is 0 Å². The normalized spacial score (nSPS) is 11.4. The highest BCUT2D eigenvalue weighted by Gasteiger charge is 1.79. The minimum Gasteiger partial charge on any atom is -0.513 e. The molecule has 0 radical (unpaired) electrons. The van der Waals surface area contributed by atoms with Crippen LogP contribution in [-0.4, -0.2) is 10.2 Å². The van der Waals surface area contributed by atoms with E-state index < -0.39 is 0 Å². The zero-order valence-electron chi connectivity index (χ0n) is 3.97. The number of allylic oxidation sites excluding steroid dienone is 1. The third-order valence-corrected chi connectivity index (χ3v) is 0.475. The summed E-state index contributed by atoms with van der Waals surface area (Å²) in [6, 6.07) is 0. The van der Waals surface area contributed by atoms with Crippen molar-refractivity contribution in [2.24, 2.45) is 0 Å². The molecule has 0 fully saturated rings. The van der Waals surface area contributed by atoms with Crippen molar-refractivity contribution in [3.05, 3.63) is 11.8 Å². The van der Waals surface area contributed by atoms with Gasteiger partial charge in [0.25, 0.3) is 0 Å². The van der Waals surface area contributed by atoms with Gasteiger partial charge in [-0.25, -0.2) is 0 Å². The molecule has 0 aromatic heterocycles. The Morgan fingerprint density at radius 3 is 2.29 bits per heavy atom. The van der Waals surface area contributed by atoms with E-state index in [4.69, 9.17) is 10.5 Å². The maximum atomic E-state index is 8.39. The van der Waals surface area contributed by atoms with Crippen LogP contribution in [0.5, 0.6) is 0 Å². The third kappa shape index (κ3) is 5.56. The van der Waals surface area contributed by atoms with Gasteiger partial charge in [0.2, 0.25) is 0 Å². The zero-order valence-corrected chi connectivity index (χ0v) is 4.87. The number of nitrogens with one attached hydrogen (secondary N) is 1. The molecule has 0 heterocycles. The van der Waals surface area contributed by atoms with E-state index in [2.05, 4.69) is 12.6 Å². The van der Waals surface area contributed by atoms with Crippen molar-refractivity contribution < 1.29 is 5.11 Å². The Morgan fingerprint density at radius 1 is 1.86 bits per heavy atom. The van der Waals surface area contributed by atoms with E-state index in [9.17, 15) is 0 Å². The lowest BCUT2D eigenvalue weighted by Gasteiger charge is -1.82. The van der Waals surface area contributed by atoms with Crippen LogP contribution in [0.25, 0.3) is 0 Å². The first kappa shape index (κ1) is 6.56. The van der Waals surface area contributed by atoms with Gasteiger partial charge in [-0.1, -0.05) is 0 Å². The summed E-state index contributed by atoms with van der Waals surface area (Å²) in [5.41, 5.74) is 0. The SMILES string of the molecule is C/C(O)=C/C(=N)S. The molecule has 7 heavy (non-hydrogen) atoms. The van der Waals surface area contributed by atoms with E-state index in [1.165, 1.54) is 13.0 Å². The van der Waals surface area contributed by atoms with Gasteiger partial charge in [0, 0.05) is 6.08 Å². The van der Waals surface area contributed by atoms with Crippen LogP contribution in [-0.2, 0) is 0 Å². The first-order chi connectivity index (χ1) is 3.13. The second-order valence-electron chi connectivity index (χ2n) is 1.17. The van der Waals surface area contributed by atoms with Crippen molar-refractivity contribution in [1.29, 1.82) is 5.41 Å². The smallest absolute Gasteiger partial charge is 0.0918 e. The van der Waals surface area contributed by atoms with Crippen LogP contribution >= 0.6 is 12.6 Å². The average molecular weight is 117 g/mol. The van der Waals surface area contributed by atoms with Gasteiger partial charge in [0.1, 0.15) is 0 Å². The molecule has 2 nitrogen and oxygen atoms in total. The summed E-state index contributed by atoms with van der Waals surface area (Å²) in [6.07, 6.45) is 1.25. The molecule has 2 N–H and O–H groups in total. The lowest BCUT2D eigenvalue weighted by Crippen LogP contribution is -1.77. The lowest BCUT2D eigenvalue weighted by molar-refractivity contribution is 0.415. The summed E-state index contributed by atoms with van der Waals surface area (Å²) in [5.74, 6) is 0.111. The third-order valence-electron chi connectivity index (χ3n) is 0.346. The minimum absolute atomic E-state index is 0.0694. The number of thiol groups is 1. The van der Waals surface area contributed by atoms with Crippen molar-refractivity contribution in [3.8, 4) is 0 Å². The Hall–Kier alpha value is -0.440. The molecule has 0 saturated carbocycles. The molecule has 0 aliphatic rings. The molecule has 0 amide bonds. The Balaban J connectivity index is 3.68. The van der Waals surface area contributed by atoms with Crippen molar-refractivity contribution in [2.45, 2.75) is 6.92 Å². The Bertz CT molecular complexity index is 104. The van der Waals surface area contributed by atoms with Crippen LogP contribution in [0.4, 0.5) is 0 Å². The van der Waals surface area contributed by atoms with Gasteiger partial charge in [0.05, 0.1) is 10.8 Å². The topological polar surface area (TPSA) is 44.1 Å². The van der Waals surface area contributed by atoms with Gasteiger partial charge in [-0.2, -0.15) is 0 Å².